The second-order valence-electron chi connectivity index (χ2n) is 6.56. The van der Waals surface area contributed by atoms with E-state index in [1.165, 1.54) is 12.1 Å². The maximum atomic E-state index is 14.9. The number of alkyl halides is 5. The number of hydrogen-bond donors (Lipinski definition) is 0. The number of nitrogens with zero attached hydrogens (tertiary/aromatic N) is 3. The molecule has 4 aromatic rings. The van der Waals surface area contributed by atoms with Crippen LogP contribution in [0.5, 0.6) is 5.75 Å². The van der Waals surface area contributed by atoms with Crippen LogP contribution >= 0.6 is 22.9 Å². The van der Waals surface area contributed by atoms with Gasteiger partial charge in [-0.25, -0.2) is 19.3 Å². The summed E-state index contributed by atoms with van der Waals surface area (Å²) in [5.74, 6) is -4.62. The van der Waals surface area contributed by atoms with E-state index in [0.29, 0.717) is 15.2 Å². The van der Waals surface area contributed by atoms with Gasteiger partial charge in [-0.1, -0.05) is 0 Å². The van der Waals surface area contributed by atoms with E-state index in [4.69, 9.17) is 11.6 Å². The molecule has 0 fully saturated rings. The Morgan fingerprint density at radius 1 is 0.906 bits per heavy atom. The van der Waals surface area contributed by atoms with Crippen molar-refractivity contribution in [2.24, 2.45) is 0 Å². The van der Waals surface area contributed by atoms with E-state index in [9.17, 15) is 26.3 Å². The minimum Gasteiger partial charge on any atom is -0.406 e. The summed E-state index contributed by atoms with van der Waals surface area (Å²) in [6.07, 6.45) is -4.84. The fourth-order valence-electron chi connectivity index (χ4n) is 2.90. The molecule has 2 aromatic carbocycles. The SMILES string of the molecule is Fc1ccc(C(F)(F)c2cc(Cc3nc4ccc(OC(F)(F)F)cc4s3)nc(Cl)n2)cc1. The minimum atomic E-state index is -4.83. The van der Waals surface area contributed by atoms with Crippen molar-refractivity contribution < 1.29 is 31.1 Å². The van der Waals surface area contributed by atoms with Gasteiger partial charge in [0.05, 0.1) is 20.9 Å². The van der Waals surface area contributed by atoms with Crippen molar-refractivity contribution in [1.29, 1.82) is 0 Å². The molecule has 0 spiro atoms. The van der Waals surface area contributed by atoms with Gasteiger partial charge in [-0.05, 0) is 60.1 Å². The first-order valence-electron chi connectivity index (χ1n) is 8.82. The number of fused-ring (bicyclic) bond motifs is 1. The molecule has 0 aliphatic heterocycles. The Kier molecular flexibility index (Phi) is 5.72. The van der Waals surface area contributed by atoms with Crippen LogP contribution in [-0.2, 0) is 12.3 Å². The second kappa shape index (κ2) is 8.21. The van der Waals surface area contributed by atoms with Crippen LogP contribution in [0.1, 0.15) is 22.0 Å². The molecule has 0 atom stereocenters. The predicted molar refractivity (Wildman–Crippen MR) is 106 cm³/mol. The largest absolute Gasteiger partial charge is 0.573 e. The van der Waals surface area contributed by atoms with Gasteiger partial charge >= 0.3 is 12.3 Å². The summed E-state index contributed by atoms with van der Waals surface area (Å²) in [4.78, 5) is 11.8. The van der Waals surface area contributed by atoms with Gasteiger partial charge < -0.3 is 4.74 Å². The lowest BCUT2D eigenvalue weighted by molar-refractivity contribution is -0.274. The molecule has 2 heterocycles. The summed E-state index contributed by atoms with van der Waals surface area (Å²) in [6, 6.07) is 8.43. The molecule has 0 saturated heterocycles. The molecule has 0 aliphatic rings. The standard InChI is InChI=1S/C20H10ClF6N3OS/c21-18-28-12(7-16(30-18)19(23,24)10-1-3-11(22)4-2-10)8-17-29-14-6-5-13(9-15(14)32-17)31-20(25,26)27/h1-7,9H,8H2. The van der Waals surface area contributed by atoms with E-state index in [1.807, 2.05) is 0 Å². The number of aromatic nitrogens is 3. The summed E-state index contributed by atoms with van der Waals surface area (Å²) < 4.78 is 84.4. The quantitative estimate of drug-likeness (QED) is 0.237. The van der Waals surface area contributed by atoms with Gasteiger partial charge in [-0.15, -0.1) is 24.5 Å². The first kappa shape index (κ1) is 22.3. The highest BCUT2D eigenvalue weighted by molar-refractivity contribution is 7.18. The van der Waals surface area contributed by atoms with E-state index in [0.717, 1.165) is 47.7 Å². The van der Waals surface area contributed by atoms with E-state index in [1.54, 1.807) is 0 Å². The Balaban J connectivity index is 1.63. The third-order valence-corrected chi connectivity index (χ3v) is 5.44. The van der Waals surface area contributed by atoms with E-state index in [2.05, 4.69) is 19.7 Å². The van der Waals surface area contributed by atoms with Crippen LogP contribution in [0.25, 0.3) is 10.2 Å². The number of hydrogen-bond acceptors (Lipinski definition) is 5. The average Bonchev–Trinajstić information content (AvgIpc) is 3.08. The number of benzene rings is 2. The zero-order valence-electron chi connectivity index (χ0n) is 15.6. The van der Waals surface area contributed by atoms with Gasteiger partial charge in [0.2, 0.25) is 5.28 Å². The maximum Gasteiger partial charge on any atom is 0.573 e. The third-order valence-electron chi connectivity index (χ3n) is 4.25. The molecule has 0 aliphatic carbocycles. The highest BCUT2D eigenvalue weighted by Gasteiger charge is 2.36. The van der Waals surface area contributed by atoms with E-state index in [-0.39, 0.29) is 12.1 Å². The zero-order valence-corrected chi connectivity index (χ0v) is 17.2. The molecule has 4 rings (SSSR count). The lowest BCUT2D eigenvalue weighted by Gasteiger charge is -2.17. The van der Waals surface area contributed by atoms with Gasteiger partial charge in [-0.2, -0.15) is 8.78 Å². The summed E-state index contributed by atoms with van der Waals surface area (Å²) in [7, 11) is 0. The van der Waals surface area contributed by atoms with Crippen molar-refractivity contribution in [1.82, 2.24) is 15.0 Å². The van der Waals surface area contributed by atoms with Crippen molar-refractivity contribution in [2.75, 3.05) is 0 Å². The van der Waals surface area contributed by atoms with Gasteiger partial charge in [0.25, 0.3) is 0 Å². The van der Waals surface area contributed by atoms with E-state index >= 15 is 0 Å². The maximum absolute atomic E-state index is 14.9. The Morgan fingerprint density at radius 3 is 2.31 bits per heavy atom. The molecule has 0 saturated carbocycles. The predicted octanol–water partition coefficient (Wildman–Crippen LogP) is 6.51. The van der Waals surface area contributed by atoms with Crippen molar-refractivity contribution in [3.05, 3.63) is 81.6 Å². The van der Waals surface area contributed by atoms with Crippen LogP contribution in [0.3, 0.4) is 0 Å². The summed E-state index contributed by atoms with van der Waals surface area (Å²) >= 11 is 6.90. The Labute approximate surface area is 185 Å². The molecule has 0 radical (unpaired) electrons. The molecule has 32 heavy (non-hydrogen) atoms. The monoisotopic (exact) mass is 489 g/mol. The number of ether oxygens (including phenoxy) is 1. The summed E-state index contributed by atoms with van der Waals surface area (Å²) in [5.41, 5.74) is -0.609. The molecule has 12 heteroatoms. The number of thiazole rings is 1. The Bertz CT molecular complexity index is 1280. The highest BCUT2D eigenvalue weighted by Crippen LogP contribution is 2.36. The average molecular weight is 490 g/mol. The van der Waals surface area contributed by atoms with Crippen molar-refractivity contribution >= 4 is 33.2 Å². The van der Waals surface area contributed by atoms with Gasteiger partial charge in [0, 0.05) is 12.0 Å². The molecule has 166 valence electrons. The van der Waals surface area contributed by atoms with E-state index < -0.39 is 40.4 Å². The molecular formula is C20H10ClF6N3OS. The Morgan fingerprint density at radius 2 is 1.62 bits per heavy atom. The van der Waals surface area contributed by atoms with Crippen molar-refractivity contribution in [3.8, 4) is 5.75 Å². The smallest absolute Gasteiger partial charge is 0.406 e. The zero-order chi connectivity index (χ0) is 23.1. The van der Waals surface area contributed by atoms with Crippen LogP contribution in [-0.4, -0.2) is 21.3 Å². The third kappa shape index (κ3) is 4.94. The lowest BCUT2D eigenvalue weighted by Crippen LogP contribution is -2.18. The van der Waals surface area contributed by atoms with Crippen molar-refractivity contribution in [3.63, 3.8) is 0 Å². The topological polar surface area (TPSA) is 47.9 Å². The normalized spacial score (nSPS) is 12.3. The van der Waals surface area contributed by atoms with Gasteiger partial charge in [0.1, 0.15) is 17.3 Å². The van der Waals surface area contributed by atoms with Crippen LogP contribution in [0, 0.1) is 5.82 Å². The van der Waals surface area contributed by atoms with Gasteiger partial charge in [0.15, 0.2) is 0 Å². The first-order valence-corrected chi connectivity index (χ1v) is 10.0. The second-order valence-corrected chi connectivity index (χ2v) is 8.01. The first-order chi connectivity index (χ1) is 15.0. The Hall–Kier alpha value is -2.92. The van der Waals surface area contributed by atoms with Crippen LogP contribution in [0.15, 0.2) is 48.5 Å². The van der Waals surface area contributed by atoms with Crippen LogP contribution < -0.4 is 4.74 Å². The van der Waals surface area contributed by atoms with Crippen LogP contribution in [0.4, 0.5) is 26.3 Å². The fourth-order valence-corrected chi connectivity index (χ4v) is 4.11. The molecule has 0 unspecified atom stereocenters. The fraction of sp³-hybridized carbons (Fsp3) is 0.150. The molecule has 0 bridgehead atoms. The van der Waals surface area contributed by atoms with Crippen molar-refractivity contribution in [2.45, 2.75) is 18.7 Å². The summed E-state index contributed by atoms with van der Waals surface area (Å²) in [5, 5.41) is -0.00349. The minimum absolute atomic E-state index is 0.0104. The molecule has 0 N–H and O–H groups in total. The van der Waals surface area contributed by atoms with Crippen LogP contribution in [0.2, 0.25) is 5.28 Å². The number of rotatable bonds is 5. The molecule has 4 nitrogen and oxygen atoms in total. The number of halogens is 7. The van der Waals surface area contributed by atoms with Gasteiger partial charge in [-0.3, -0.25) is 0 Å². The highest BCUT2D eigenvalue weighted by atomic mass is 35.5. The lowest BCUT2D eigenvalue weighted by atomic mass is 10.0. The molecule has 0 amide bonds. The molecular weight excluding hydrogens is 480 g/mol. The molecule has 2 aromatic heterocycles. The summed E-state index contributed by atoms with van der Waals surface area (Å²) in [6.45, 7) is 0.